The van der Waals surface area contributed by atoms with Gasteiger partial charge in [0.2, 0.25) is 0 Å². The third kappa shape index (κ3) is 2.28. The van der Waals surface area contributed by atoms with Crippen molar-refractivity contribution in [3.63, 3.8) is 0 Å². The van der Waals surface area contributed by atoms with Crippen LogP contribution < -0.4 is 0 Å². The molecule has 1 aromatic heterocycles. The van der Waals surface area contributed by atoms with E-state index in [1.54, 1.807) is 0 Å². The minimum absolute atomic E-state index is 0.287. The molecular weight excluding hydrogens is 245 g/mol. The van der Waals surface area contributed by atoms with Gasteiger partial charge >= 0.3 is 6.18 Å². The molecule has 0 atom stereocenters. The van der Waals surface area contributed by atoms with Crippen LogP contribution in [0, 0.1) is 0 Å². The SMILES string of the molecule is Oc1c(Cl)ncc(C(F)F)c1C(F)(F)F. The molecule has 1 aromatic rings. The summed E-state index contributed by atoms with van der Waals surface area (Å²) in [6, 6.07) is 0. The Balaban J connectivity index is 3.49. The van der Waals surface area contributed by atoms with Gasteiger partial charge in [-0.1, -0.05) is 11.6 Å². The molecule has 15 heavy (non-hydrogen) atoms. The highest BCUT2D eigenvalue weighted by Gasteiger charge is 2.40. The number of pyridine rings is 1. The first-order valence-corrected chi connectivity index (χ1v) is 3.85. The van der Waals surface area contributed by atoms with Crippen LogP contribution in [0.4, 0.5) is 22.0 Å². The summed E-state index contributed by atoms with van der Waals surface area (Å²) >= 11 is 5.09. The Morgan fingerprint density at radius 3 is 2.27 bits per heavy atom. The summed E-state index contributed by atoms with van der Waals surface area (Å²) in [5.74, 6) is -1.48. The Bertz CT molecular complexity index is 378. The lowest BCUT2D eigenvalue weighted by atomic mass is 10.1. The van der Waals surface area contributed by atoms with Crippen LogP contribution in [-0.4, -0.2) is 10.1 Å². The second-order valence-corrected chi connectivity index (χ2v) is 2.88. The predicted molar refractivity (Wildman–Crippen MR) is 40.9 cm³/mol. The van der Waals surface area contributed by atoms with E-state index in [4.69, 9.17) is 16.7 Å². The average molecular weight is 248 g/mol. The Morgan fingerprint density at radius 2 is 1.87 bits per heavy atom. The molecule has 0 fully saturated rings. The van der Waals surface area contributed by atoms with Gasteiger partial charge in [-0.2, -0.15) is 13.2 Å². The number of aromatic hydroxyl groups is 1. The summed E-state index contributed by atoms with van der Waals surface area (Å²) in [7, 11) is 0. The van der Waals surface area contributed by atoms with Gasteiger partial charge < -0.3 is 5.11 Å². The standard InChI is InChI=1S/C7H3ClF5NO/c8-5-4(15)3(7(11,12)13)2(1-14-5)6(9)10/h1,6,15H. The molecule has 84 valence electrons. The van der Waals surface area contributed by atoms with Gasteiger partial charge in [-0.3, -0.25) is 0 Å². The van der Waals surface area contributed by atoms with E-state index in [0.29, 0.717) is 0 Å². The molecule has 0 aliphatic carbocycles. The first kappa shape index (κ1) is 12.0. The minimum Gasteiger partial charge on any atom is -0.504 e. The summed E-state index contributed by atoms with van der Waals surface area (Å²) in [6.45, 7) is 0. The van der Waals surface area contributed by atoms with Crippen LogP contribution in [0.15, 0.2) is 6.20 Å². The number of hydrogen-bond acceptors (Lipinski definition) is 2. The van der Waals surface area contributed by atoms with E-state index in [1.165, 1.54) is 0 Å². The fourth-order valence-corrected chi connectivity index (χ4v) is 1.10. The normalized spacial score (nSPS) is 12.2. The van der Waals surface area contributed by atoms with E-state index < -0.39 is 34.6 Å². The van der Waals surface area contributed by atoms with E-state index in [-0.39, 0.29) is 6.20 Å². The van der Waals surface area contributed by atoms with Gasteiger partial charge in [0.1, 0.15) is 5.56 Å². The molecule has 0 spiro atoms. The molecule has 0 saturated carbocycles. The minimum atomic E-state index is -5.11. The zero-order chi connectivity index (χ0) is 11.8. The third-order valence-corrected chi connectivity index (χ3v) is 1.83. The lowest BCUT2D eigenvalue weighted by Crippen LogP contribution is -2.11. The molecule has 1 rings (SSSR count). The largest absolute Gasteiger partial charge is 0.504 e. The topological polar surface area (TPSA) is 33.1 Å². The van der Waals surface area contributed by atoms with Crippen LogP contribution in [0.3, 0.4) is 0 Å². The summed E-state index contributed by atoms with van der Waals surface area (Å²) in [6.07, 6.45) is -8.21. The molecule has 0 unspecified atom stereocenters. The maximum absolute atomic E-state index is 12.3. The smallest absolute Gasteiger partial charge is 0.420 e. The number of aromatic nitrogens is 1. The first-order chi connectivity index (χ1) is 6.75. The van der Waals surface area contributed by atoms with Crippen molar-refractivity contribution in [2.75, 3.05) is 0 Å². The van der Waals surface area contributed by atoms with Crippen molar-refractivity contribution in [1.29, 1.82) is 0 Å². The fraction of sp³-hybridized carbons (Fsp3) is 0.286. The number of alkyl halides is 5. The van der Waals surface area contributed by atoms with Crippen molar-refractivity contribution in [1.82, 2.24) is 4.98 Å². The van der Waals surface area contributed by atoms with Crippen LogP contribution in [0.5, 0.6) is 5.75 Å². The van der Waals surface area contributed by atoms with Crippen molar-refractivity contribution >= 4 is 11.6 Å². The predicted octanol–water partition coefficient (Wildman–Crippen LogP) is 3.40. The molecule has 8 heteroatoms. The average Bonchev–Trinajstić information content (AvgIpc) is 2.06. The fourth-order valence-electron chi connectivity index (χ4n) is 0.955. The number of hydrogen-bond donors (Lipinski definition) is 1. The molecule has 1 N–H and O–H groups in total. The molecular formula is C7H3ClF5NO. The third-order valence-electron chi connectivity index (χ3n) is 1.56. The summed E-state index contributed by atoms with van der Waals surface area (Å²) in [5, 5.41) is 8.05. The van der Waals surface area contributed by atoms with Crippen LogP contribution in [0.2, 0.25) is 5.15 Å². The van der Waals surface area contributed by atoms with Gasteiger partial charge in [0.25, 0.3) is 6.43 Å². The van der Waals surface area contributed by atoms with Crippen molar-refractivity contribution in [3.05, 3.63) is 22.5 Å². The monoisotopic (exact) mass is 247 g/mol. The van der Waals surface area contributed by atoms with Crippen molar-refractivity contribution in [2.24, 2.45) is 0 Å². The quantitative estimate of drug-likeness (QED) is 0.609. The maximum atomic E-state index is 12.3. The van der Waals surface area contributed by atoms with Gasteiger partial charge in [0, 0.05) is 6.20 Å². The molecule has 0 aliphatic rings. The molecule has 0 bridgehead atoms. The summed E-state index contributed by atoms with van der Waals surface area (Å²) in [4.78, 5) is 3.01. The molecule has 0 aliphatic heterocycles. The highest BCUT2D eigenvalue weighted by atomic mass is 35.5. The van der Waals surface area contributed by atoms with E-state index in [1.807, 2.05) is 0 Å². The highest BCUT2D eigenvalue weighted by molar-refractivity contribution is 6.30. The van der Waals surface area contributed by atoms with E-state index >= 15 is 0 Å². The van der Waals surface area contributed by atoms with Crippen molar-refractivity contribution in [2.45, 2.75) is 12.6 Å². The Hall–Kier alpha value is -1.11. The van der Waals surface area contributed by atoms with Crippen LogP contribution in [-0.2, 0) is 6.18 Å². The number of halogens is 6. The summed E-state index contributed by atoms with van der Waals surface area (Å²) < 4.78 is 61.2. The van der Waals surface area contributed by atoms with E-state index in [2.05, 4.69) is 4.98 Å². The molecule has 2 nitrogen and oxygen atoms in total. The lowest BCUT2D eigenvalue weighted by molar-refractivity contribution is -0.140. The Kier molecular flexibility index (Phi) is 3.03. The van der Waals surface area contributed by atoms with Gasteiger partial charge in [-0.15, -0.1) is 0 Å². The lowest BCUT2D eigenvalue weighted by Gasteiger charge is -2.13. The second-order valence-electron chi connectivity index (χ2n) is 2.53. The van der Waals surface area contributed by atoms with Crippen LogP contribution in [0.25, 0.3) is 0 Å². The van der Waals surface area contributed by atoms with Crippen molar-refractivity contribution in [3.8, 4) is 5.75 Å². The van der Waals surface area contributed by atoms with Crippen LogP contribution >= 0.6 is 11.6 Å². The Labute approximate surface area is 85.3 Å². The molecule has 0 aromatic carbocycles. The van der Waals surface area contributed by atoms with E-state index in [0.717, 1.165) is 0 Å². The van der Waals surface area contributed by atoms with Gasteiger partial charge in [-0.25, -0.2) is 13.8 Å². The number of rotatable bonds is 1. The molecule has 0 radical (unpaired) electrons. The zero-order valence-electron chi connectivity index (χ0n) is 6.82. The Morgan fingerprint density at radius 1 is 1.33 bits per heavy atom. The molecule has 0 saturated heterocycles. The molecule has 1 heterocycles. The van der Waals surface area contributed by atoms with E-state index in [9.17, 15) is 22.0 Å². The zero-order valence-corrected chi connectivity index (χ0v) is 7.57. The van der Waals surface area contributed by atoms with Gasteiger partial charge in [-0.05, 0) is 0 Å². The van der Waals surface area contributed by atoms with Gasteiger partial charge in [0.05, 0.1) is 5.56 Å². The highest BCUT2D eigenvalue weighted by Crippen LogP contribution is 2.43. The van der Waals surface area contributed by atoms with Crippen molar-refractivity contribution < 1.29 is 27.1 Å². The summed E-state index contributed by atoms with van der Waals surface area (Å²) in [5.41, 5.74) is -3.25. The van der Waals surface area contributed by atoms with Crippen LogP contribution in [0.1, 0.15) is 17.6 Å². The van der Waals surface area contributed by atoms with Gasteiger partial charge in [0.15, 0.2) is 10.9 Å². The molecule has 0 amide bonds. The number of nitrogens with zero attached hydrogens (tertiary/aromatic N) is 1. The maximum Gasteiger partial charge on any atom is 0.420 e. The second kappa shape index (κ2) is 3.80. The first-order valence-electron chi connectivity index (χ1n) is 3.48.